The minimum Gasteiger partial charge on any atom is -0.322 e. The summed E-state index contributed by atoms with van der Waals surface area (Å²) in [4.78, 5) is 44.8. The molecule has 0 radical (unpaired) electrons. The van der Waals surface area contributed by atoms with Gasteiger partial charge in [0.05, 0.1) is 22.0 Å². The lowest BCUT2D eigenvalue weighted by molar-refractivity contribution is -0.387. The van der Waals surface area contributed by atoms with Crippen LogP contribution in [-0.2, 0) is 6.54 Å². The lowest BCUT2D eigenvalue weighted by Crippen LogP contribution is -2.22. The maximum Gasteiger partial charge on any atom is 0.306 e. The number of hydrogen-bond acceptors (Lipinski definition) is 6. The van der Waals surface area contributed by atoms with Crippen molar-refractivity contribution in [1.29, 1.82) is 0 Å². The molecule has 10 nitrogen and oxygen atoms in total. The third-order valence-corrected chi connectivity index (χ3v) is 4.12. The molecular weight excluding hydrogens is 399 g/mol. The minimum absolute atomic E-state index is 0.00420. The van der Waals surface area contributed by atoms with Crippen LogP contribution in [0.5, 0.6) is 0 Å². The molecule has 0 aliphatic rings. The van der Waals surface area contributed by atoms with Gasteiger partial charge in [0.25, 0.3) is 17.2 Å². The molecule has 3 rings (SSSR count). The summed E-state index contributed by atoms with van der Waals surface area (Å²) in [7, 11) is 0. The molecule has 0 fully saturated rings. The van der Waals surface area contributed by atoms with E-state index in [2.05, 4.69) is 5.32 Å². The van der Waals surface area contributed by atoms with Gasteiger partial charge in [0, 0.05) is 36.1 Å². The number of pyridine rings is 1. The number of nitro groups is 2. The summed E-state index contributed by atoms with van der Waals surface area (Å²) < 4.78 is 14.6. The number of aromatic nitrogens is 1. The zero-order valence-corrected chi connectivity index (χ0v) is 15.1. The zero-order valence-electron chi connectivity index (χ0n) is 15.1. The molecule has 1 heterocycles. The predicted octanol–water partition coefficient (Wildman–Crippen LogP) is 3.10. The van der Waals surface area contributed by atoms with Crippen molar-refractivity contribution < 1.29 is 19.0 Å². The average Bonchev–Trinajstić information content (AvgIpc) is 2.71. The highest BCUT2D eigenvalue weighted by Gasteiger charge is 2.16. The maximum atomic E-state index is 13.4. The molecule has 0 bridgehead atoms. The van der Waals surface area contributed by atoms with Crippen molar-refractivity contribution in [3.63, 3.8) is 0 Å². The van der Waals surface area contributed by atoms with E-state index in [1.165, 1.54) is 41.1 Å². The lowest BCUT2D eigenvalue weighted by Gasteiger charge is -2.09. The van der Waals surface area contributed by atoms with Crippen molar-refractivity contribution in [1.82, 2.24) is 4.57 Å². The number of non-ortho nitro benzene ring substituents is 1. The lowest BCUT2D eigenvalue weighted by atomic mass is 10.2. The van der Waals surface area contributed by atoms with Crippen LogP contribution in [0, 0.1) is 26.0 Å². The molecule has 0 atom stereocenters. The van der Waals surface area contributed by atoms with Gasteiger partial charge in [-0.1, -0.05) is 12.1 Å². The first-order valence-corrected chi connectivity index (χ1v) is 8.44. The maximum absolute atomic E-state index is 13.4. The van der Waals surface area contributed by atoms with Crippen LogP contribution in [0.4, 0.5) is 21.5 Å². The van der Waals surface area contributed by atoms with Crippen LogP contribution in [0.15, 0.2) is 65.6 Å². The van der Waals surface area contributed by atoms with Gasteiger partial charge in [0.2, 0.25) is 5.82 Å². The molecule has 0 saturated carbocycles. The van der Waals surface area contributed by atoms with Gasteiger partial charge in [-0.3, -0.25) is 29.8 Å². The summed E-state index contributed by atoms with van der Waals surface area (Å²) in [6, 6.07) is 11.0. The van der Waals surface area contributed by atoms with E-state index in [1.807, 2.05) is 0 Å². The Morgan fingerprint density at radius 2 is 1.80 bits per heavy atom. The SMILES string of the molecule is O=C(Nc1ccc(F)c([N+](=O)[O-])c1)c1ccc(=O)n(Cc2cccc([N+](=O)[O-])c2)c1. The van der Waals surface area contributed by atoms with Crippen LogP contribution < -0.4 is 10.9 Å². The molecule has 2 aromatic carbocycles. The molecule has 30 heavy (non-hydrogen) atoms. The fourth-order valence-corrected chi connectivity index (χ4v) is 2.69. The molecule has 0 saturated heterocycles. The number of benzene rings is 2. The van der Waals surface area contributed by atoms with Crippen molar-refractivity contribution in [2.75, 3.05) is 5.32 Å². The Labute approximate surface area is 167 Å². The van der Waals surface area contributed by atoms with E-state index in [0.29, 0.717) is 5.56 Å². The Morgan fingerprint density at radius 3 is 2.50 bits per heavy atom. The number of rotatable bonds is 6. The molecule has 1 N–H and O–H groups in total. The Morgan fingerprint density at radius 1 is 1.03 bits per heavy atom. The molecule has 3 aromatic rings. The van der Waals surface area contributed by atoms with E-state index in [0.717, 1.165) is 18.2 Å². The van der Waals surface area contributed by atoms with E-state index in [4.69, 9.17) is 0 Å². The Hall–Kier alpha value is -4.41. The molecule has 0 spiro atoms. The van der Waals surface area contributed by atoms with Crippen LogP contribution in [0.3, 0.4) is 0 Å². The zero-order chi connectivity index (χ0) is 21.8. The second-order valence-corrected chi connectivity index (χ2v) is 6.19. The monoisotopic (exact) mass is 412 g/mol. The van der Waals surface area contributed by atoms with Gasteiger partial charge < -0.3 is 9.88 Å². The van der Waals surface area contributed by atoms with Crippen molar-refractivity contribution in [3.05, 3.63) is 108 Å². The molecule has 0 aliphatic carbocycles. The summed E-state index contributed by atoms with van der Waals surface area (Å²) in [5.41, 5.74) is -0.805. The van der Waals surface area contributed by atoms with Crippen molar-refractivity contribution in [2.24, 2.45) is 0 Å². The first-order chi connectivity index (χ1) is 14.2. The van der Waals surface area contributed by atoms with Gasteiger partial charge in [0.15, 0.2) is 0 Å². The van der Waals surface area contributed by atoms with E-state index in [1.54, 1.807) is 6.07 Å². The Balaban J connectivity index is 1.84. The number of anilines is 1. The first kappa shape index (κ1) is 20.3. The van der Waals surface area contributed by atoms with E-state index in [9.17, 15) is 34.2 Å². The summed E-state index contributed by atoms with van der Waals surface area (Å²) in [5.74, 6) is -1.72. The van der Waals surface area contributed by atoms with Crippen LogP contribution in [0.2, 0.25) is 0 Å². The van der Waals surface area contributed by atoms with Crippen LogP contribution >= 0.6 is 0 Å². The third-order valence-electron chi connectivity index (χ3n) is 4.12. The topological polar surface area (TPSA) is 137 Å². The minimum atomic E-state index is -1.04. The number of halogens is 1. The fourth-order valence-electron chi connectivity index (χ4n) is 2.69. The van der Waals surface area contributed by atoms with Gasteiger partial charge in [-0.2, -0.15) is 4.39 Å². The molecule has 0 unspecified atom stereocenters. The summed E-state index contributed by atoms with van der Waals surface area (Å²) in [5, 5.41) is 24.1. The number of nitro benzene ring substituents is 2. The molecular formula is C19H13FN4O6. The van der Waals surface area contributed by atoms with Gasteiger partial charge >= 0.3 is 5.69 Å². The normalized spacial score (nSPS) is 10.4. The van der Waals surface area contributed by atoms with Crippen LogP contribution in [0.25, 0.3) is 0 Å². The molecule has 1 amide bonds. The van der Waals surface area contributed by atoms with Gasteiger partial charge in [-0.05, 0) is 23.8 Å². The summed E-state index contributed by atoms with van der Waals surface area (Å²) in [6.07, 6.45) is 1.26. The highest BCUT2D eigenvalue weighted by atomic mass is 19.1. The summed E-state index contributed by atoms with van der Waals surface area (Å²) >= 11 is 0. The van der Waals surface area contributed by atoms with E-state index >= 15 is 0 Å². The molecule has 152 valence electrons. The number of carbonyl (C=O) groups is 1. The highest BCUT2D eigenvalue weighted by molar-refractivity contribution is 6.04. The number of nitrogens with one attached hydrogen (secondary N) is 1. The van der Waals surface area contributed by atoms with Crippen LogP contribution in [-0.4, -0.2) is 20.3 Å². The second-order valence-electron chi connectivity index (χ2n) is 6.19. The fraction of sp³-hybridized carbons (Fsp3) is 0.0526. The highest BCUT2D eigenvalue weighted by Crippen LogP contribution is 2.22. The Bertz CT molecular complexity index is 1220. The van der Waals surface area contributed by atoms with Crippen molar-refractivity contribution in [3.8, 4) is 0 Å². The number of hydrogen-bond donors (Lipinski definition) is 1. The smallest absolute Gasteiger partial charge is 0.306 e. The van der Waals surface area contributed by atoms with Crippen molar-refractivity contribution in [2.45, 2.75) is 6.54 Å². The van der Waals surface area contributed by atoms with E-state index in [-0.39, 0.29) is 23.5 Å². The van der Waals surface area contributed by atoms with Crippen LogP contribution in [0.1, 0.15) is 15.9 Å². The quantitative estimate of drug-likeness (QED) is 0.488. The van der Waals surface area contributed by atoms with Gasteiger partial charge in [-0.15, -0.1) is 0 Å². The Kier molecular flexibility index (Phi) is 5.63. The molecule has 0 aliphatic heterocycles. The molecule has 11 heteroatoms. The number of nitrogens with zero attached hydrogens (tertiary/aromatic N) is 3. The summed E-state index contributed by atoms with van der Waals surface area (Å²) in [6.45, 7) is -0.0103. The standard InChI is InChI=1S/C19H13FN4O6/c20-16-6-5-14(9-17(16)24(29)30)21-19(26)13-4-7-18(25)22(11-13)10-12-2-1-3-15(8-12)23(27)28/h1-9,11H,10H2,(H,21,26). The number of amides is 1. The van der Waals surface area contributed by atoms with Gasteiger partial charge in [0.1, 0.15) is 0 Å². The largest absolute Gasteiger partial charge is 0.322 e. The number of carbonyl (C=O) groups excluding carboxylic acids is 1. The molecule has 1 aromatic heterocycles. The average molecular weight is 412 g/mol. The predicted molar refractivity (Wildman–Crippen MR) is 104 cm³/mol. The third kappa shape index (κ3) is 4.52. The second kappa shape index (κ2) is 8.31. The first-order valence-electron chi connectivity index (χ1n) is 8.44. The van der Waals surface area contributed by atoms with Gasteiger partial charge in [-0.25, -0.2) is 0 Å². The van der Waals surface area contributed by atoms with Crippen molar-refractivity contribution >= 4 is 23.0 Å². The van der Waals surface area contributed by atoms with E-state index < -0.39 is 32.8 Å².